The van der Waals surface area contributed by atoms with E-state index in [0.29, 0.717) is 12.1 Å². The highest BCUT2D eigenvalue weighted by atomic mass is 19.4. The SMILES string of the molecule is Cc1[nH]c2ccccc2c1C=NNc1cc(C(F)(F)F)ccc1[N+](=O)[O-]. The van der Waals surface area contributed by atoms with Crippen LogP contribution in [-0.2, 0) is 6.18 Å². The van der Waals surface area contributed by atoms with E-state index in [0.717, 1.165) is 28.2 Å². The second-order valence-corrected chi connectivity index (χ2v) is 5.57. The van der Waals surface area contributed by atoms with E-state index in [9.17, 15) is 23.3 Å². The van der Waals surface area contributed by atoms with Gasteiger partial charge < -0.3 is 4.98 Å². The summed E-state index contributed by atoms with van der Waals surface area (Å²) < 4.78 is 38.5. The number of alkyl halides is 3. The highest BCUT2D eigenvalue weighted by molar-refractivity contribution is 6.00. The van der Waals surface area contributed by atoms with Gasteiger partial charge in [-0.15, -0.1) is 0 Å². The van der Waals surface area contributed by atoms with Crippen molar-refractivity contribution in [1.29, 1.82) is 0 Å². The van der Waals surface area contributed by atoms with Crippen molar-refractivity contribution in [2.45, 2.75) is 13.1 Å². The van der Waals surface area contributed by atoms with Crippen LogP contribution in [0.25, 0.3) is 10.9 Å². The Labute approximate surface area is 145 Å². The maximum Gasteiger partial charge on any atom is 0.416 e. The first-order valence-electron chi connectivity index (χ1n) is 7.49. The summed E-state index contributed by atoms with van der Waals surface area (Å²) >= 11 is 0. The molecule has 0 radical (unpaired) electrons. The Bertz CT molecular complexity index is 1010. The molecule has 1 aromatic heterocycles. The van der Waals surface area contributed by atoms with Gasteiger partial charge >= 0.3 is 6.18 Å². The minimum absolute atomic E-state index is 0.335. The molecule has 0 aliphatic heterocycles. The van der Waals surface area contributed by atoms with E-state index in [1.165, 1.54) is 6.21 Å². The van der Waals surface area contributed by atoms with Gasteiger partial charge in [0.05, 0.1) is 16.7 Å². The molecular formula is C17H13F3N4O2. The molecule has 0 fully saturated rings. The van der Waals surface area contributed by atoms with E-state index >= 15 is 0 Å². The molecule has 0 unspecified atom stereocenters. The Hall–Kier alpha value is -3.36. The molecule has 0 atom stereocenters. The number of nitro groups is 1. The quantitative estimate of drug-likeness (QED) is 0.395. The molecule has 0 aliphatic rings. The minimum atomic E-state index is -4.61. The number of nitrogens with zero attached hydrogens (tertiary/aromatic N) is 2. The molecule has 2 N–H and O–H groups in total. The molecule has 0 bridgehead atoms. The lowest BCUT2D eigenvalue weighted by Crippen LogP contribution is -2.06. The number of aromatic nitrogens is 1. The van der Waals surface area contributed by atoms with E-state index in [1.807, 2.05) is 31.2 Å². The second-order valence-electron chi connectivity index (χ2n) is 5.57. The van der Waals surface area contributed by atoms with Gasteiger partial charge in [-0.05, 0) is 25.1 Å². The van der Waals surface area contributed by atoms with E-state index < -0.39 is 22.4 Å². The third-order valence-electron chi connectivity index (χ3n) is 3.84. The molecule has 0 amide bonds. The van der Waals surface area contributed by atoms with Crippen LogP contribution in [0.2, 0.25) is 0 Å². The largest absolute Gasteiger partial charge is 0.416 e. The van der Waals surface area contributed by atoms with Crippen molar-refractivity contribution in [3.63, 3.8) is 0 Å². The highest BCUT2D eigenvalue weighted by Gasteiger charge is 2.32. The number of halogens is 3. The van der Waals surface area contributed by atoms with Crippen molar-refractivity contribution >= 4 is 28.5 Å². The number of anilines is 1. The van der Waals surface area contributed by atoms with Gasteiger partial charge in [-0.1, -0.05) is 18.2 Å². The first-order valence-corrected chi connectivity index (χ1v) is 7.49. The number of hydrazone groups is 1. The number of nitrogens with one attached hydrogen (secondary N) is 2. The van der Waals surface area contributed by atoms with E-state index in [4.69, 9.17) is 0 Å². The zero-order valence-corrected chi connectivity index (χ0v) is 13.5. The fourth-order valence-corrected chi connectivity index (χ4v) is 2.59. The summed E-state index contributed by atoms with van der Waals surface area (Å²) in [7, 11) is 0. The third-order valence-corrected chi connectivity index (χ3v) is 3.84. The fraction of sp³-hybridized carbons (Fsp3) is 0.118. The standard InChI is InChI=1S/C17H13F3N4O2/c1-10-13(12-4-2-3-5-14(12)22-10)9-21-23-15-8-11(17(18,19)20)6-7-16(15)24(25)26/h2-9,22-23H,1H3. The summed E-state index contributed by atoms with van der Waals surface area (Å²) in [5.41, 5.74) is 2.97. The van der Waals surface area contributed by atoms with Crippen LogP contribution in [0.3, 0.4) is 0 Å². The van der Waals surface area contributed by atoms with Crippen LogP contribution in [0, 0.1) is 17.0 Å². The van der Waals surface area contributed by atoms with Gasteiger partial charge in [-0.25, -0.2) is 0 Å². The molecule has 9 heteroatoms. The van der Waals surface area contributed by atoms with Crippen LogP contribution in [0.4, 0.5) is 24.5 Å². The molecule has 134 valence electrons. The molecule has 0 saturated heterocycles. The minimum Gasteiger partial charge on any atom is -0.358 e. The van der Waals surface area contributed by atoms with Crippen molar-refractivity contribution in [3.05, 3.63) is 69.4 Å². The Balaban J connectivity index is 1.94. The maximum atomic E-state index is 12.8. The Morgan fingerprint density at radius 2 is 1.96 bits per heavy atom. The van der Waals surface area contributed by atoms with Gasteiger partial charge in [0.15, 0.2) is 0 Å². The number of hydrogen-bond donors (Lipinski definition) is 2. The molecule has 0 saturated carbocycles. The van der Waals surface area contributed by atoms with Crippen molar-refractivity contribution in [2.75, 3.05) is 5.43 Å². The molecule has 0 spiro atoms. The molecule has 6 nitrogen and oxygen atoms in total. The highest BCUT2D eigenvalue weighted by Crippen LogP contribution is 2.34. The zero-order valence-electron chi connectivity index (χ0n) is 13.5. The number of hydrogen-bond acceptors (Lipinski definition) is 4. The zero-order chi connectivity index (χ0) is 18.9. The van der Waals surface area contributed by atoms with Crippen molar-refractivity contribution in [1.82, 2.24) is 4.98 Å². The van der Waals surface area contributed by atoms with Crippen LogP contribution in [-0.4, -0.2) is 16.1 Å². The molecule has 1 heterocycles. The number of nitro benzene ring substituents is 1. The van der Waals surface area contributed by atoms with Gasteiger partial charge in [0.1, 0.15) is 5.69 Å². The Kier molecular flexibility index (Phi) is 4.37. The summed E-state index contributed by atoms with van der Waals surface area (Å²) in [5.74, 6) is 0. The number of para-hydroxylation sites is 1. The summed E-state index contributed by atoms with van der Waals surface area (Å²) in [4.78, 5) is 13.4. The van der Waals surface area contributed by atoms with E-state index in [2.05, 4.69) is 15.5 Å². The molecule has 0 aliphatic carbocycles. The smallest absolute Gasteiger partial charge is 0.358 e. The molecule has 2 aromatic carbocycles. The number of aromatic amines is 1. The van der Waals surface area contributed by atoms with Crippen LogP contribution < -0.4 is 5.43 Å². The topological polar surface area (TPSA) is 83.3 Å². The molecule has 3 rings (SSSR count). The first-order chi connectivity index (χ1) is 12.3. The van der Waals surface area contributed by atoms with Gasteiger partial charge in [0.25, 0.3) is 5.69 Å². The predicted molar refractivity (Wildman–Crippen MR) is 92.4 cm³/mol. The lowest BCUT2D eigenvalue weighted by Gasteiger charge is -2.08. The summed E-state index contributed by atoms with van der Waals surface area (Å²) in [5, 5.41) is 15.8. The molecule has 26 heavy (non-hydrogen) atoms. The second kappa shape index (κ2) is 6.51. The van der Waals surface area contributed by atoms with Crippen molar-refractivity contribution in [2.24, 2.45) is 5.10 Å². The number of H-pyrrole nitrogens is 1. The van der Waals surface area contributed by atoms with Crippen molar-refractivity contribution < 1.29 is 18.1 Å². The number of rotatable bonds is 4. The maximum absolute atomic E-state index is 12.8. The van der Waals surface area contributed by atoms with Gasteiger partial charge in [-0.3, -0.25) is 15.5 Å². The van der Waals surface area contributed by atoms with Crippen LogP contribution >= 0.6 is 0 Å². The summed E-state index contributed by atoms with van der Waals surface area (Å²) in [6, 6.07) is 9.59. The van der Waals surface area contributed by atoms with Gasteiger partial charge in [0, 0.05) is 28.2 Å². The Morgan fingerprint density at radius 1 is 1.23 bits per heavy atom. The molecule has 3 aromatic rings. The summed E-state index contributed by atoms with van der Waals surface area (Å²) in [6.07, 6.45) is -3.19. The third kappa shape index (κ3) is 3.37. The number of aryl methyl sites for hydroxylation is 1. The lowest BCUT2D eigenvalue weighted by molar-refractivity contribution is -0.384. The average Bonchev–Trinajstić information content (AvgIpc) is 2.89. The monoisotopic (exact) mass is 362 g/mol. The van der Waals surface area contributed by atoms with Crippen LogP contribution in [0.5, 0.6) is 0 Å². The van der Waals surface area contributed by atoms with E-state index in [1.54, 1.807) is 0 Å². The lowest BCUT2D eigenvalue weighted by atomic mass is 10.1. The van der Waals surface area contributed by atoms with Gasteiger partial charge in [-0.2, -0.15) is 18.3 Å². The van der Waals surface area contributed by atoms with Gasteiger partial charge in [0.2, 0.25) is 0 Å². The first kappa shape index (κ1) is 17.5. The van der Waals surface area contributed by atoms with Crippen LogP contribution in [0.15, 0.2) is 47.6 Å². The average molecular weight is 362 g/mol. The van der Waals surface area contributed by atoms with E-state index in [-0.39, 0.29) is 5.69 Å². The van der Waals surface area contributed by atoms with Crippen LogP contribution in [0.1, 0.15) is 16.8 Å². The predicted octanol–water partition coefficient (Wildman–Crippen LogP) is 4.85. The number of benzene rings is 2. The Morgan fingerprint density at radius 3 is 2.65 bits per heavy atom. The van der Waals surface area contributed by atoms with Crippen molar-refractivity contribution in [3.8, 4) is 0 Å². The summed E-state index contributed by atoms with van der Waals surface area (Å²) in [6.45, 7) is 1.83. The normalized spacial score (nSPS) is 12.0. The number of fused-ring (bicyclic) bond motifs is 1. The molecular weight excluding hydrogens is 349 g/mol. The fourth-order valence-electron chi connectivity index (χ4n) is 2.59.